The van der Waals surface area contributed by atoms with Crippen LogP contribution >= 0.6 is 15.9 Å². The quantitative estimate of drug-likeness (QED) is 0.580. The summed E-state index contributed by atoms with van der Waals surface area (Å²) in [6, 6.07) is 6.55. The first-order valence-electron chi connectivity index (χ1n) is 7.69. The molecule has 1 heterocycles. The third-order valence-corrected chi connectivity index (χ3v) is 4.56. The van der Waals surface area contributed by atoms with Crippen molar-refractivity contribution in [2.24, 2.45) is 0 Å². The van der Waals surface area contributed by atoms with Gasteiger partial charge in [-0.1, -0.05) is 28.1 Å². The largest absolute Gasteiger partial charge is 0.467 e. The van der Waals surface area contributed by atoms with E-state index in [1.165, 1.54) is 7.11 Å². The summed E-state index contributed by atoms with van der Waals surface area (Å²) in [7, 11) is 1.33. The maximum Gasteiger partial charge on any atom is 0.328 e. The summed E-state index contributed by atoms with van der Waals surface area (Å²) < 4.78 is 5.67. The van der Waals surface area contributed by atoms with Crippen LogP contribution < -0.4 is 0 Å². The van der Waals surface area contributed by atoms with Crippen LogP contribution in [0.25, 0.3) is 0 Å². The lowest BCUT2D eigenvalue weighted by molar-refractivity contribution is -0.154. The Balaban J connectivity index is 1.93. The van der Waals surface area contributed by atoms with E-state index in [4.69, 9.17) is 4.74 Å². The fourth-order valence-electron chi connectivity index (χ4n) is 2.76. The number of methoxy groups -OCH3 is 1. The first-order valence-corrected chi connectivity index (χ1v) is 8.48. The van der Waals surface area contributed by atoms with Crippen molar-refractivity contribution in [3.8, 4) is 0 Å². The van der Waals surface area contributed by atoms with Crippen LogP contribution in [0, 0.1) is 0 Å². The van der Waals surface area contributed by atoms with E-state index in [0.29, 0.717) is 18.5 Å². The SMILES string of the molecule is COC(=O)C1CCCCN1C(=O)CCC(=O)c1ccc(Br)cc1. The highest BCUT2D eigenvalue weighted by atomic mass is 79.9. The number of hydrogen-bond donors (Lipinski definition) is 0. The summed E-state index contributed by atoms with van der Waals surface area (Å²) in [5, 5.41) is 0. The summed E-state index contributed by atoms with van der Waals surface area (Å²) >= 11 is 3.32. The van der Waals surface area contributed by atoms with E-state index >= 15 is 0 Å². The van der Waals surface area contributed by atoms with Gasteiger partial charge in [0.15, 0.2) is 5.78 Å². The third-order valence-electron chi connectivity index (χ3n) is 4.03. The normalized spacial score (nSPS) is 17.7. The number of benzene rings is 1. The van der Waals surface area contributed by atoms with Gasteiger partial charge in [0.2, 0.25) is 5.91 Å². The molecule has 0 N–H and O–H groups in total. The van der Waals surface area contributed by atoms with Gasteiger partial charge in [-0.25, -0.2) is 4.79 Å². The Morgan fingerprint density at radius 3 is 2.52 bits per heavy atom. The highest BCUT2D eigenvalue weighted by molar-refractivity contribution is 9.10. The van der Waals surface area contributed by atoms with E-state index in [9.17, 15) is 14.4 Å². The number of ether oxygens (including phenoxy) is 1. The molecule has 1 aromatic rings. The maximum absolute atomic E-state index is 12.4. The van der Waals surface area contributed by atoms with E-state index in [-0.39, 0.29) is 30.5 Å². The molecule has 1 fully saturated rings. The molecule has 1 unspecified atom stereocenters. The van der Waals surface area contributed by atoms with E-state index in [1.807, 2.05) is 0 Å². The Bertz CT molecular complexity index is 585. The standard InChI is InChI=1S/C17H20BrNO4/c1-23-17(22)14-4-2-3-11-19(14)16(21)10-9-15(20)12-5-7-13(18)8-6-12/h5-8,14H,2-4,9-11H2,1H3. The smallest absolute Gasteiger partial charge is 0.328 e. The molecule has 23 heavy (non-hydrogen) atoms. The Morgan fingerprint density at radius 1 is 1.17 bits per heavy atom. The molecule has 1 saturated heterocycles. The van der Waals surface area contributed by atoms with Crippen molar-refractivity contribution < 1.29 is 19.1 Å². The number of carbonyl (C=O) groups is 3. The molecule has 5 nitrogen and oxygen atoms in total. The lowest BCUT2D eigenvalue weighted by atomic mass is 10.0. The molecular formula is C17H20BrNO4. The van der Waals surface area contributed by atoms with Gasteiger partial charge in [-0.15, -0.1) is 0 Å². The number of amides is 1. The monoisotopic (exact) mass is 381 g/mol. The molecule has 0 radical (unpaired) electrons. The van der Waals surface area contributed by atoms with Gasteiger partial charge in [0, 0.05) is 29.4 Å². The molecular weight excluding hydrogens is 362 g/mol. The summed E-state index contributed by atoms with van der Waals surface area (Å²) in [5.41, 5.74) is 0.587. The number of rotatable bonds is 5. The highest BCUT2D eigenvalue weighted by Gasteiger charge is 2.32. The lowest BCUT2D eigenvalue weighted by Gasteiger charge is -2.33. The van der Waals surface area contributed by atoms with E-state index < -0.39 is 6.04 Å². The fourth-order valence-corrected chi connectivity index (χ4v) is 3.02. The predicted octanol–water partition coefficient (Wildman–Crippen LogP) is 2.97. The number of carbonyl (C=O) groups excluding carboxylic acids is 3. The molecule has 2 rings (SSSR count). The van der Waals surface area contributed by atoms with Crippen LogP contribution in [0.15, 0.2) is 28.7 Å². The van der Waals surface area contributed by atoms with Gasteiger partial charge in [-0.3, -0.25) is 9.59 Å². The molecule has 1 amide bonds. The second kappa shape index (κ2) is 8.24. The van der Waals surface area contributed by atoms with Crippen LogP contribution in [-0.4, -0.2) is 42.3 Å². The van der Waals surface area contributed by atoms with Crippen molar-refractivity contribution >= 4 is 33.6 Å². The number of halogens is 1. The van der Waals surface area contributed by atoms with Gasteiger partial charge in [-0.2, -0.15) is 0 Å². The molecule has 1 aromatic carbocycles. The molecule has 0 spiro atoms. The van der Waals surface area contributed by atoms with Gasteiger partial charge in [0.1, 0.15) is 6.04 Å². The average Bonchev–Trinajstić information content (AvgIpc) is 2.59. The second-order valence-corrected chi connectivity index (χ2v) is 6.47. The van der Waals surface area contributed by atoms with Crippen molar-refractivity contribution in [3.63, 3.8) is 0 Å². The van der Waals surface area contributed by atoms with Gasteiger partial charge >= 0.3 is 5.97 Å². The first-order chi connectivity index (χ1) is 11.0. The number of hydrogen-bond acceptors (Lipinski definition) is 4. The van der Waals surface area contributed by atoms with E-state index in [1.54, 1.807) is 29.2 Å². The maximum atomic E-state index is 12.4. The van der Waals surface area contributed by atoms with Crippen molar-refractivity contribution in [2.45, 2.75) is 38.1 Å². The zero-order valence-corrected chi connectivity index (χ0v) is 14.7. The second-order valence-electron chi connectivity index (χ2n) is 5.55. The Hall–Kier alpha value is -1.69. The zero-order chi connectivity index (χ0) is 16.8. The summed E-state index contributed by atoms with van der Waals surface area (Å²) in [6.07, 6.45) is 2.66. The minimum absolute atomic E-state index is 0.0718. The molecule has 0 aliphatic carbocycles. The molecule has 1 aliphatic rings. The summed E-state index contributed by atoms with van der Waals surface area (Å²) in [4.78, 5) is 37.9. The number of likely N-dealkylation sites (tertiary alicyclic amines) is 1. The Kier molecular flexibility index (Phi) is 6.33. The van der Waals surface area contributed by atoms with Crippen molar-refractivity contribution in [1.29, 1.82) is 0 Å². The van der Waals surface area contributed by atoms with Gasteiger partial charge in [0.05, 0.1) is 7.11 Å². The molecule has 0 saturated carbocycles. The fraction of sp³-hybridized carbons (Fsp3) is 0.471. The van der Waals surface area contributed by atoms with Gasteiger partial charge < -0.3 is 9.64 Å². The Morgan fingerprint density at radius 2 is 1.87 bits per heavy atom. The van der Waals surface area contributed by atoms with E-state index in [2.05, 4.69) is 15.9 Å². The highest BCUT2D eigenvalue weighted by Crippen LogP contribution is 2.20. The van der Waals surface area contributed by atoms with Crippen LogP contribution in [0.2, 0.25) is 0 Å². The van der Waals surface area contributed by atoms with Crippen molar-refractivity contribution in [3.05, 3.63) is 34.3 Å². The zero-order valence-electron chi connectivity index (χ0n) is 13.1. The molecule has 124 valence electrons. The molecule has 0 bridgehead atoms. The number of esters is 1. The predicted molar refractivity (Wildman–Crippen MR) is 89.1 cm³/mol. The number of ketones is 1. The molecule has 0 aromatic heterocycles. The summed E-state index contributed by atoms with van der Waals surface area (Å²) in [5.74, 6) is -0.611. The Labute approximate surface area is 144 Å². The van der Waals surface area contributed by atoms with Gasteiger partial charge in [-0.05, 0) is 31.4 Å². The van der Waals surface area contributed by atoms with Crippen LogP contribution in [0.5, 0.6) is 0 Å². The number of nitrogens with zero attached hydrogens (tertiary/aromatic N) is 1. The number of piperidine rings is 1. The van der Waals surface area contributed by atoms with E-state index in [0.717, 1.165) is 17.3 Å². The van der Waals surface area contributed by atoms with Crippen molar-refractivity contribution in [2.75, 3.05) is 13.7 Å². The lowest BCUT2D eigenvalue weighted by Crippen LogP contribution is -2.48. The molecule has 1 aliphatic heterocycles. The van der Waals surface area contributed by atoms with Crippen LogP contribution in [0.1, 0.15) is 42.5 Å². The molecule has 1 atom stereocenters. The van der Waals surface area contributed by atoms with Crippen LogP contribution in [-0.2, 0) is 14.3 Å². The third kappa shape index (κ3) is 4.64. The minimum atomic E-state index is -0.510. The first kappa shape index (κ1) is 17.7. The van der Waals surface area contributed by atoms with Crippen LogP contribution in [0.3, 0.4) is 0 Å². The van der Waals surface area contributed by atoms with Crippen LogP contribution in [0.4, 0.5) is 0 Å². The number of Topliss-reactive ketones (excluding diaryl/α,β-unsaturated/α-hetero) is 1. The average molecular weight is 382 g/mol. The topological polar surface area (TPSA) is 63.7 Å². The van der Waals surface area contributed by atoms with Crippen molar-refractivity contribution in [1.82, 2.24) is 4.90 Å². The van der Waals surface area contributed by atoms with Gasteiger partial charge in [0.25, 0.3) is 0 Å². The molecule has 6 heteroatoms. The summed E-state index contributed by atoms with van der Waals surface area (Å²) in [6.45, 7) is 0.547. The minimum Gasteiger partial charge on any atom is -0.467 e.